The van der Waals surface area contributed by atoms with Crippen molar-refractivity contribution in [3.05, 3.63) is 60.7 Å². The van der Waals surface area contributed by atoms with Gasteiger partial charge in [0.05, 0.1) is 13.2 Å². The molecule has 0 aliphatic heterocycles. The fourth-order valence-corrected chi connectivity index (χ4v) is 3.38. The number of hydrogen-bond donors (Lipinski definition) is 1. The van der Waals surface area contributed by atoms with Crippen LogP contribution in [0.5, 0.6) is 11.5 Å². The highest BCUT2D eigenvalue weighted by Gasteiger charge is 2.13. The molecule has 0 spiro atoms. The van der Waals surface area contributed by atoms with Crippen LogP contribution in [0.1, 0.15) is 27.7 Å². The standard InChI is InChI=1S/C26H29N3O2/c1-17(2)15-30-21-9-5-19(6-10-21)23-13-14-24(26-25(23)27-29-28-26)20-7-11-22(12-8-20)31-16-18(3)4/h5-14,17-18H,15-16H2,1-4H3,(H,27,28,29). The van der Waals surface area contributed by atoms with E-state index in [0.717, 1.165) is 44.8 Å². The first-order valence-corrected chi connectivity index (χ1v) is 10.8. The Hall–Kier alpha value is -3.34. The van der Waals surface area contributed by atoms with Gasteiger partial charge in [-0.05, 0) is 47.2 Å². The molecule has 5 heteroatoms. The number of ether oxygens (including phenoxy) is 2. The quantitative estimate of drug-likeness (QED) is 0.364. The van der Waals surface area contributed by atoms with Crippen molar-refractivity contribution in [3.8, 4) is 33.8 Å². The summed E-state index contributed by atoms with van der Waals surface area (Å²) >= 11 is 0. The molecule has 0 bridgehead atoms. The van der Waals surface area contributed by atoms with E-state index in [1.54, 1.807) is 0 Å². The molecule has 3 aromatic carbocycles. The first-order valence-electron chi connectivity index (χ1n) is 10.8. The molecule has 1 aromatic heterocycles. The summed E-state index contributed by atoms with van der Waals surface area (Å²) in [6.45, 7) is 9.99. The minimum atomic E-state index is 0.498. The van der Waals surface area contributed by atoms with Crippen LogP contribution in [0.25, 0.3) is 33.3 Å². The van der Waals surface area contributed by atoms with Crippen LogP contribution in [0.4, 0.5) is 0 Å². The summed E-state index contributed by atoms with van der Waals surface area (Å²) < 4.78 is 11.6. The predicted molar refractivity (Wildman–Crippen MR) is 125 cm³/mol. The molecule has 0 saturated heterocycles. The first kappa shape index (κ1) is 20.9. The van der Waals surface area contributed by atoms with Crippen LogP contribution >= 0.6 is 0 Å². The summed E-state index contributed by atoms with van der Waals surface area (Å²) in [7, 11) is 0. The van der Waals surface area contributed by atoms with Crippen LogP contribution in [-0.2, 0) is 0 Å². The second kappa shape index (κ2) is 9.21. The van der Waals surface area contributed by atoms with Crippen LogP contribution in [0.2, 0.25) is 0 Å². The highest BCUT2D eigenvalue weighted by atomic mass is 16.5. The third kappa shape index (κ3) is 4.88. The number of aromatic amines is 1. The highest BCUT2D eigenvalue weighted by Crippen LogP contribution is 2.34. The van der Waals surface area contributed by atoms with E-state index < -0.39 is 0 Å². The van der Waals surface area contributed by atoms with Crippen molar-refractivity contribution in [2.24, 2.45) is 11.8 Å². The highest BCUT2D eigenvalue weighted by molar-refractivity contribution is 6.00. The third-order valence-electron chi connectivity index (χ3n) is 4.97. The lowest BCUT2D eigenvalue weighted by Gasteiger charge is -2.11. The summed E-state index contributed by atoms with van der Waals surface area (Å²) in [5.74, 6) is 2.76. The molecule has 31 heavy (non-hydrogen) atoms. The number of benzene rings is 3. The molecule has 0 saturated carbocycles. The van der Waals surface area contributed by atoms with E-state index in [1.165, 1.54) is 0 Å². The molecule has 0 radical (unpaired) electrons. The zero-order valence-electron chi connectivity index (χ0n) is 18.6. The molecule has 4 aromatic rings. The lowest BCUT2D eigenvalue weighted by Crippen LogP contribution is -2.04. The molecular formula is C26H29N3O2. The topological polar surface area (TPSA) is 60.0 Å². The number of hydrogen-bond acceptors (Lipinski definition) is 4. The molecule has 0 aliphatic carbocycles. The van der Waals surface area contributed by atoms with Crippen LogP contribution in [-0.4, -0.2) is 28.6 Å². The van der Waals surface area contributed by atoms with Gasteiger partial charge in [0.15, 0.2) is 0 Å². The maximum atomic E-state index is 5.80. The number of nitrogens with zero attached hydrogens (tertiary/aromatic N) is 2. The van der Waals surface area contributed by atoms with E-state index in [1.807, 2.05) is 24.3 Å². The molecule has 160 valence electrons. The normalized spacial score (nSPS) is 11.4. The summed E-state index contributed by atoms with van der Waals surface area (Å²) in [4.78, 5) is 0. The molecule has 1 N–H and O–H groups in total. The van der Waals surface area contributed by atoms with Gasteiger partial charge in [0.1, 0.15) is 22.5 Å². The van der Waals surface area contributed by atoms with Crippen molar-refractivity contribution in [3.63, 3.8) is 0 Å². The molecule has 4 rings (SSSR count). The molecule has 0 atom stereocenters. The minimum absolute atomic E-state index is 0.498. The lowest BCUT2D eigenvalue weighted by molar-refractivity contribution is 0.271. The van der Waals surface area contributed by atoms with E-state index in [-0.39, 0.29) is 0 Å². The Morgan fingerprint density at radius 1 is 0.613 bits per heavy atom. The molecule has 0 aliphatic rings. The second-order valence-corrected chi connectivity index (χ2v) is 8.64. The number of aromatic nitrogens is 3. The SMILES string of the molecule is CC(C)COc1ccc(-c2ccc(-c3ccc(OCC(C)C)cc3)c3n[nH]nc23)cc1. The van der Waals surface area contributed by atoms with Gasteiger partial charge in [0.2, 0.25) is 0 Å². The number of H-pyrrole nitrogens is 1. The number of fused-ring (bicyclic) bond motifs is 1. The molecule has 5 nitrogen and oxygen atoms in total. The van der Waals surface area contributed by atoms with Crippen molar-refractivity contribution in [2.75, 3.05) is 13.2 Å². The van der Waals surface area contributed by atoms with Crippen molar-refractivity contribution < 1.29 is 9.47 Å². The second-order valence-electron chi connectivity index (χ2n) is 8.64. The molecule has 0 amide bonds. The van der Waals surface area contributed by atoms with Gasteiger partial charge in [0.25, 0.3) is 0 Å². The average molecular weight is 416 g/mol. The van der Waals surface area contributed by atoms with Gasteiger partial charge >= 0.3 is 0 Å². The molecule has 1 heterocycles. The predicted octanol–water partition coefficient (Wildman–Crippen LogP) is 6.36. The zero-order chi connectivity index (χ0) is 21.8. The van der Waals surface area contributed by atoms with Crippen molar-refractivity contribution >= 4 is 11.0 Å². The van der Waals surface area contributed by atoms with Crippen LogP contribution in [0.15, 0.2) is 60.7 Å². The van der Waals surface area contributed by atoms with Crippen molar-refractivity contribution in [1.82, 2.24) is 15.4 Å². The van der Waals surface area contributed by atoms with Gasteiger partial charge in [0, 0.05) is 11.1 Å². The fraction of sp³-hybridized carbons (Fsp3) is 0.308. The monoisotopic (exact) mass is 415 g/mol. The Labute approximate surface area is 183 Å². The summed E-state index contributed by atoms with van der Waals surface area (Å²) in [5, 5.41) is 11.7. The van der Waals surface area contributed by atoms with Gasteiger partial charge in [-0.25, -0.2) is 0 Å². The van der Waals surface area contributed by atoms with Gasteiger partial charge < -0.3 is 9.47 Å². The number of nitrogens with one attached hydrogen (secondary N) is 1. The molecule has 0 fully saturated rings. The summed E-state index contributed by atoms with van der Waals surface area (Å²) in [6, 6.07) is 20.5. The van der Waals surface area contributed by atoms with E-state index in [0.29, 0.717) is 25.0 Å². The summed E-state index contributed by atoms with van der Waals surface area (Å²) in [5.41, 5.74) is 5.96. The van der Waals surface area contributed by atoms with E-state index in [9.17, 15) is 0 Å². The average Bonchev–Trinajstić information content (AvgIpc) is 3.26. The summed E-state index contributed by atoms with van der Waals surface area (Å²) in [6.07, 6.45) is 0. The van der Waals surface area contributed by atoms with Crippen LogP contribution < -0.4 is 9.47 Å². The Bertz CT molecular complexity index is 1040. The smallest absolute Gasteiger partial charge is 0.121 e. The number of rotatable bonds is 8. The molecule has 0 unspecified atom stereocenters. The maximum Gasteiger partial charge on any atom is 0.121 e. The van der Waals surface area contributed by atoms with Crippen molar-refractivity contribution in [2.45, 2.75) is 27.7 Å². The third-order valence-corrected chi connectivity index (χ3v) is 4.97. The van der Waals surface area contributed by atoms with Gasteiger partial charge in [-0.2, -0.15) is 15.4 Å². The zero-order valence-corrected chi connectivity index (χ0v) is 18.6. The van der Waals surface area contributed by atoms with Crippen molar-refractivity contribution in [1.29, 1.82) is 0 Å². The Kier molecular flexibility index (Phi) is 6.21. The van der Waals surface area contributed by atoms with Gasteiger partial charge in [-0.3, -0.25) is 0 Å². The Morgan fingerprint density at radius 2 is 1.00 bits per heavy atom. The first-order chi connectivity index (χ1) is 15.0. The maximum absolute atomic E-state index is 5.80. The van der Waals surface area contributed by atoms with Crippen LogP contribution in [0, 0.1) is 11.8 Å². The Balaban J connectivity index is 1.60. The minimum Gasteiger partial charge on any atom is -0.493 e. The largest absolute Gasteiger partial charge is 0.493 e. The lowest BCUT2D eigenvalue weighted by atomic mass is 9.98. The Morgan fingerprint density at radius 3 is 1.35 bits per heavy atom. The van der Waals surface area contributed by atoms with Crippen LogP contribution in [0.3, 0.4) is 0 Å². The van der Waals surface area contributed by atoms with Gasteiger partial charge in [-0.15, -0.1) is 0 Å². The van der Waals surface area contributed by atoms with Gasteiger partial charge in [-0.1, -0.05) is 64.1 Å². The van der Waals surface area contributed by atoms with E-state index >= 15 is 0 Å². The fourth-order valence-electron chi connectivity index (χ4n) is 3.38. The van der Waals surface area contributed by atoms with E-state index in [4.69, 9.17) is 9.47 Å². The molecular weight excluding hydrogens is 386 g/mol. The van der Waals surface area contributed by atoms with E-state index in [2.05, 4.69) is 79.5 Å².